The third-order valence-electron chi connectivity index (χ3n) is 3.08. The zero-order valence-electron chi connectivity index (χ0n) is 11.0. The first-order valence-electron chi connectivity index (χ1n) is 6.25. The van der Waals surface area contributed by atoms with Crippen molar-refractivity contribution in [2.75, 3.05) is 6.61 Å². The predicted molar refractivity (Wildman–Crippen MR) is 67.0 cm³/mol. The van der Waals surface area contributed by atoms with E-state index in [-0.39, 0.29) is 24.2 Å². The van der Waals surface area contributed by atoms with Gasteiger partial charge < -0.3 is 14.6 Å². The van der Waals surface area contributed by atoms with Crippen LogP contribution in [-0.2, 0) is 20.9 Å². The summed E-state index contributed by atoms with van der Waals surface area (Å²) in [6.07, 6.45) is 1.67. The smallest absolute Gasteiger partial charge is 0.330 e. The molecule has 1 saturated heterocycles. The maximum atomic E-state index is 11.7. The van der Waals surface area contributed by atoms with Crippen LogP contribution in [0.15, 0.2) is 15.8 Å². The molecular weight excluding hydrogens is 268 g/mol. The zero-order chi connectivity index (χ0) is 14.7. The summed E-state index contributed by atoms with van der Waals surface area (Å²) in [6.45, 7) is 0.988. The number of hydrogen-bond acceptors (Lipinski definition) is 6. The molecule has 8 heteroatoms. The highest BCUT2D eigenvalue weighted by atomic mass is 16.6. The van der Waals surface area contributed by atoms with E-state index >= 15 is 0 Å². The molecule has 110 valence electrons. The van der Waals surface area contributed by atoms with E-state index in [2.05, 4.69) is 4.98 Å². The predicted octanol–water partition coefficient (Wildman–Crippen LogP) is -0.730. The summed E-state index contributed by atoms with van der Waals surface area (Å²) in [5.41, 5.74) is -1.11. The summed E-state index contributed by atoms with van der Waals surface area (Å²) in [5.74, 6) is -0.388. The van der Waals surface area contributed by atoms with E-state index in [1.54, 1.807) is 0 Å². The Labute approximate surface area is 114 Å². The molecule has 1 aromatic rings. The average Bonchev–Trinajstić information content (AvgIpc) is 2.85. The maximum absolute atomic E-state index is 11.7. The van der Waals surface area contributed by atoms with E-state index in [1.165, 1.54) is 17.7 Å². The number of hydrogen-bond donors (Lipinski definition) is 2. The van der Waals surface area contributed by atoms with Crippen molar-refractivity contribution in [3.8, 4) is 0 Å². The maximum Gasteiger partial charge on any atom is 0.330 e. The number of nitrogens with one attached hydrogen (secondary N) is 1. The summed E-state index contributed by atoms with van der Waals surface area (Å²) in [5, 5.41) is 9.04. The monoisotopic (exact) mass is 284 g/mol. The Hall–Kier alpha value is -1.93. The minimum absolute atomic E-state index is 0.0941. The van der Waals surface area contributed by atoms with Gasteiger partial charge in [-0.25, -0.2) is 4.79 Å². The van der Waals surface area contributed by atoms with E-state index < -0.39 is 24.1 Å². The van der Waals surface area contributed by atoms with Crippen LogP contribution in [0.2, 0.25) is 0 Å². The van der Waals surface area contributed by atoms with Crippen molar-refractivity contribution in [1.29, 1.82) is 0 Å². The van der Waals surface area contributed by atoms with Crippen molar-refractivity contribution in [3.63, 3.8) is 0 Å². The molecule has 0 aromatic carbocycles. The van der Waals surface area contributed by atoms with Crippen LogP contribution < -0.4 is 11.2 Å². The molecule has 2 atom stereocenters. The zero-order valence-corrected chi connectivity index (χ0v) is 11.0. The van der Waals surface area contributed by atoms with Gasteiger partial charge in [-0.3, -0.25) is 19.1 Å². The number of aromatic amines is 1. The molecule has 8 nitrogen and oxygen atoms in total. The number of aromatic nitrogens is 2. The first-order valence-corrected chi connectivity index (χ1v) is 6.25. The van der Waals surface area contributed by atoms with Gasteiger partial charge in [0.25, 0.3) is 5.56 Å². The molecule has 0 radical (unpaired) electrons. The van der Waals surface area contributed by atoms with Gasteiger partial charge in [0.05, 0.1) is 18.3 Å². The van der Waals surface area contributed by atoms with Crippen LogP contribution in [0.4, 0.5) is 0 Å². The number of esters is 1. The molecule has 1 aliphatic rings. The summed E-state index contributed by atoms with van der Waals surface area (Å²) >= 11 is 0. The number of carbonyl (C=O) groups is 1. The van der Waals surface area contributed by atoms with Gasteiger partial charge in [-0.15, -0.1) is 0 Å². The summed E-state index contributed by atoms with van der Waals surface area (Å²) in [7, 11) is 0. The molecule has 20 heavy (non-hydrogen) atoms. The van der Waals surface area contributed by atoms with Crippen molar-refractivity contribution in [2.24, 2.45) is 0 Å². The van der Waals surface area contributed by atoms with Crippen LogP contribution >= 0.6 is 0 Å². The quantitative estimate of drug-likeness (QED) is 0.705. The molecule has 2 heterocycles. The van der Waals surface area contributed by atoms with E-state index in [4.69, 9.17) is 14.6 Å². The highest BCUT2D eigenvalue weighted by molar-refractivity contribution is 5.65. The van der Waals surface area contributed by atoms with Crippen molar-refractivity contribution in [1.82, 2.24) is 9.55 Å². The van der Waals surface area contributed by atoms with Gasteiger partial charge in [0.1, 0.15) is 12.8 Å². The Kier molecular flexibility index (Phi) is 4.35. The number of rotatable bonds is 4. The molecule has 2 unspecified atom stereocenters. The first-order chi connectivity index (χ1) is 9.51. The molecular formula is C12H16N2O6. The second kappa shape index (κ2) is 6.02. The topological polar surface area (TPSA) is 111 Å². The lowest BCUT2D eigenvalue weighted by molar-refractivity contribution is -0.145. The number of ether oxygens (including phenoxy) is 2. The molecule has 2 rings (SSSR count). The lowest BCUT2D eigenvalue weighted by Gasteiger charge is -2.16. The SMILES string of the molecule is CC(=O)OCC1CCC(n2cc(CO)c(=O)[nH]c2=O)O1. The molecule has 0 amide bonds. The molecule has 1 fully saturated rings. The molecule has 1 aromatic heterocycles. The van der Waals surface area contributed by atoms with E-state index in [0.29, 0.717) is 12.8 Å². The fraction of sp³-hybridized carbons (Fsp3) is 0.583. The van der Waals surface area contributed by atoms with Crippen LogP contribution in [-0.4, -0.2) is 33.3 Å². The second-order valence-electron chi connectivity index (χ2n) is 4.57. The Morgan fingerprint density at radius 3 is 2.95 bits per heavy atom. The summed E-state index contributed by atoms with van der Waals surface area (Å²) < 4.78 is 11.7. The molecule has 0 bridgehead atoms. The first kappa shape index (κ1) is 14.5. The minimum Gasteiger partial charge on any atom is -0.463 e. The van der Waals surface area contributed by atoms with Gasteiger partial charge in [0.15, 0.2) is 0 Å². The van der Waals surface area contributed by atoms with Crippen molar-refractivity contribution in [2.45, 2.75) is 38.7 Å². The van der Waals surface area contributed by atoms with Gasteiger partial charge in [0.2, 0.25) is 0 Å². The Balaban J connectivity index is 2.12. The van der Waals surface area contributed by atoms with Crippen molar-refractivity contribution >= 4 is 5.97 Å². The fourth-order valence-corrected chi connectivity index (χ4v) is 2.08. The van der Waals surface area contributed by atoms with Crippen LogP contribution in [0.1, 0.15) is 31.6 Å². The van der Waals surface area contributed by atoms with Crippen molar-refractivity contribution < 1.29 is 19.4 Å². The molecule has 0 spiro atoms. The molecule has 1 aliphatic heterocycles. The van der Waals surface area contributed by atoms with Crippen LogP contribution in [0, 0.1) is 0 Å². The van der Waals surface area contributed by atoms with Gasteiger partial charge >= 0.3 is 11.7 Å². The van der Waals surface area contributed by atoms with Crippen molar-refractivity contribution in [3.05, 3.63) is 32.6 Å². The number of H-pyrrole nitrogens is 1. The molecule has 0 saturated carbocycles. The van der Waals surface area contributed by atoms with Gasteiger partial charge in [0, 0.05) is 13.1 Å². The number of aliphatic hydroxyl groups is 1. The van der Waals surface area contributed by atoms with Crippen LogP contribution in [0.25, 0.3) is 0 Å². The van der Waals surface area contributed by atoms with E-state index in [9.17, 15) is 14.4 Å². The Bertz CT molecular complexity index is 605. The summed E-state index contributed by atoms with van der Waals surface area (Å²) in [4.78, 5) is 35.9. The number of aliphatic hydroxyl groups excluding tert-OH is 1. The largest absolute Gasteiger partial charge is 0.463 e. The minimum atomic E-state index is -0.608. The lowest BCUT2D eigenvalue weighted by atomic mass is 10.2. The van der Waals surface area contributed by atoms with Crippen LogP contribution in [0.3, 0.4) is 0 Å². The van der Waals surface area contributed by atoms with Gasteiger partial charge in [-0.2, -0.15) is 0 Å². The third-order valence-corrected chi connectivity index (χ3v) is 3.08. The number of nitrogens with zero attached hydrogens (tertiary/aromatic N) is 1. The highest BCUT2D eigenvalue weighted by Gasteiger charge is 2.28. The molecule has 0 aliphatic carbocycles. The lowest BCUT2D eigenvalue weighted by Crippen LogP contribution is -2.34. The van der Waals surface area contributed by atoms with Crippen LogP contribution in [0.5, 0.6) is 0 Å². The Morgan fingerprint density at radius 1 is 1.55 bits per heavy atom. The average molecular weight is 284 g/mol. The molecule has 2 N–H and O–H groups in total. The second-order valence-corrected chi connectivity index (χ2v) is 4.57. The Morgan fingerprint density at radius 2 is 2.30 bits per heavy atom. The highest BCUT2D eigenvalue weighted by Crippen LogP contribution is 2.27. The van der Waals surface area contributed by atoms with Gasteiger partial charge in [-0.05, 0) is 12.8 Å². The number of carbonyl (C=O) groups excluding carboxylic acids is 1. The fourth-order valence-electron chi connectivity index (χ4n) is 2.08. The van der Waals surface area contributed by atoms with E-state index in [0.717, 1.165) is 0 Å². The summed E-state index contributed by atoms with van der Waals surface area (Å²) in [6, 6.07) is 0. The van der Waals surface area contributed by atoms with Gasteiger partial charge in [-0.1, -0.05) is 0 Å². The normalized spacial score (nSPS) is 21.9. The third kappa shape index (κ3) is 3.14. The van der Waals surface area contributed by atoms with E-state index in [1.807, 2.05) is 0 Å². The standard InChI is InChI=1S/C12H16N2O6/c1-7(16)19-6-9-2-3-10(20-9)14-4-8(5-15)11(17)13-12(14)18/h4,9-10,15H,2-3,5-6H2,1H3,(H,13,17,18).